The molecule has 0 saturated carbocycles. The van der Waals surface area contributed by atoms with Crippen molar-refractivity contribution in [2.24, 2.45) is 0 Å². The highest BCUT2D eigenvalue weighted by atomic mass is 16.5. The fourth-order valence-corrected chi connectivity index (χ4v) is 0.944. The van der Waals surface area contributed by atoms with Crippen molar-refractivity contribution in [3.63, 3.8) is 0 Å². The quantitative estimate of drug-likeness (QED) is 0.454. The molecular formula is C9H10O3. The maximum absolute atomic E-state index is 11.0. The minimum absolute atomic E-state index is 0.0159. The zero-order valence-corrected chi connectivity index (χ0v) is 6.87. The zero-order valence-electron chi connectivity index (χ0n) is 6.87. The van der Waals surface area contributed by atoms with E-state index in [4.69, 9.17) is 0 Å². The second kappa shape index (κ2) is 3.85. The van der Waals surface area contributed by atoms with Crippen molar-refractivity contribution in [1.82, 2.24) is 0 Å². The van der Waals surface area contributed by atoms with Gasteiger partial charge in [-0.25, -0.2) is 0 Å². The number of carbonyl (C=O) groups is 2. The molecular weight excluding hydrogens is 156 g/mol. The Morgan fingerprint density at radius 3 is 3.00 bits per heavy atom. The van der Waals surface area contributed by atoms with Crippen LogP contribution in [-0.2, 0) is 14.3 Å². The Kier molecular flexibility index (Phi) is 2.80. The first kappa shape index (κ1) is 8.71. The van der Waals surface area contributed by atoms with E-state index >= 15 is 0 Å². The minimum atomic E-state index is -0.328. The van der Waals surface area contributed by atoms with Crippen molar-refractivity contribution in [2.75, 3.05) is 6.61 Å². The molecule has 0 aromatic heterocycles. The predicted molar refractivity (Wildman–Crippen MR) is 43.5 cm³/mol. The fourth-order valence-electron chi connectivity index (χ4n) is 0.944. The number of carbonyl (C=O) groups excluding carboxylic acids is 2. The first-order valence-corrected chi connectivity index (χ1v) is 3.73. The van der Waals surface area contributed by atoms with Crippen molar-refractivity contribution in [1.29, 1.82) is 0 Å². The van der Waals surface area contributed by atoms with Crippen LogP contribution in [0.25, 0.3) is 0 Å². The molecule has 0 aromatic carbocycles. The maximum Gasteiger partial charge on any atom is 0.302 e. The molecule has 0 heterocycles. The van der Waals surface area contributed by atoms with E-state index in [-0.39, 0.29) is 18.4 Å². The third-order valence-electron chi connectivity index (χ3n) is 1.54. The summed E-state index contributed by atoms with van der Waals surface area (Å²) in [6.45, 7) is 1.53. The lowest BCUT2D eigenvalue weighted by molar-refractivity contribution is -0.139. The largest absolute Gasteiger partial charge is 0.462 e. The molecule has 0 bridgehead atoms. The predicted octanol–water partition coefficient (Wildman–Crippen LogP) is 1.00. The molecule has 0 radical (unpaired) electrons. The van der Waals surface area contributed by atoms with Crippen LogP contribution in [0.15, 0.2) is 23.8 Å². The molecule has 1 aliphatic rings. The Morgan fingerprint density at radius 2 is 2.50 bits per heavy atom. The van der Waals surface area contributed by atoms with Crippen LogP contribution in [0.2, 0.25) is 0 Å². The molecule has 0 fully saturated rings. The second-order valence-electron chi connectivity index (χ2n) is 2.50. The summed E-state index contributed by atoms with van der Waals surface area (Å²) in [4.78, 5) is 21.3. The van der Waals surface area contributed by atoms with Crippen molar-refractivity contribution < 1.29 is 14.3 Å². The molecule has 0 unspecified atom stereocenters. The molecule has 1 rings (SSSR count). The summed E-state index contributed by atoms with van der Waals surface area (Å²) in [5, 5.41) is 0. The van der Waals surface area contributed by atoms with Gasteiger partial charge in [0.25, 0.3) is 0 Å². The Bertz CT molecular complexity index is 261. The van der Waals surface area contributed by atoms with E-state index in [1.807, 2.05) is 0 Å². The first-order valence-electron chi connectivity index (χ1n) is 3.73. The third-order valence-corrected chi connectivity index (χ3v) is 1.54. The van der Waals surface area contributed by atoms with Crippen LogP contribution in [0.1, 0.15) is 13.3 Å². The van der Waals surface area contributed by atoms with Crippen LogP contribution >= 0.6 is 0 Å². The molecule has 12 heavy (non-hydrogen) atoms. The summed E-state index contributed by atoms with van der Waals surface area (Å²) in [7, 11) is 0. The van der Waals surface area contributed by atoms with E-state index in [9.17, 15) is 9.59 Å². The number of hydrogen-bond donors (Lipinski definition) is 0. The summed E-state index contributed by atoms with van der Waals surface area (Å²) in [6, 6.07) is 0. The Morgan fingerprint density at radius 1 is 1.75 bits per heavy atom. The van der Waals surface area contributed by atoms with Crippen LogP contribution < -0.4 is 0 Å². The van der Waals surface area contributed by atoms with Gasteiger partial charge in [-0.1, -0.05) is 6.08 Å². The highest BCUT2D eigenvalue weighted by Crippen LogP contribution is 2.12. The number of ether oxygens (including phenoxy) is 1. The zero-order chi connectivity index (χ0) is 8.97. The van der Waals surface area contributed by atoms with Crippen LogP contribution in [-0.4, -0.2) is 18.4 Å². The van der Waals surface area contributed by atoms with E-state index < -0.39 is 0 Å². The highest BCUT2D eigenvalue weighted by molar-refractivity contribution is 6.06. The molecule has 0 N–H and O–H groups in total. The van der Waals surface area contributed by atoms with E-state index in [0.29, 0.717) is 12.0 Å². The number of esters is 1. The average Bonchev–Trinajstić information content (AvgIpc) is 2.36. The SMILES string of the molecule is CC(=O)OC/C=C1/CC=CC1=O. The molecule has 3 nitrogen and oxygen atoms in total. The van der Waals surface area contributed by atoms with Gasteiger partial charge in [-0.05, 0) is 18.6 Å². The first-order chi connectivity index (χ1) is 5.70. The van der Waals surface area contributed by atoms with Crippen LogP contribution in [0, 0.1) is 0 Å². The molecule has 0 atom stereocenters. The van der Waals surface area contributed by atoms with Crippen molar-refractivity contribution in [3.8, 4) is 0 Å². The topological polar surface area (TPSA) is 43.4 Å². The number of rotatable bonds is 2. The van der Waals surface area contributed by atoms with Crippen molar-refractivity contribution >= 4 is 11.8 Å². The van der Waals surface area contributed by atoms with Gasteiger partial charge in [0.15, 0.2) is 5.78 Å². The van der Waals surface area contributed by atoms with E-state index in [1.54, 1.807) is 12.2 Å². The summed E-state index contributed by atoms with van der Waals surface area (Å²) < 4.78 is 4.66. The fraction of sp³-hybridized carbons (Fsp3) is 0.333. The lowest BCUT2D eigenvalue weighted by Gasteiger charge is -1.96. The molecule has 0 aliphatic heterocycles. The van der Waals surface area contributed by atoms with Gasteiger partial charge >= 0.3 is 5.97 Å². The summed E-state index contributed by atoms with van der Waals surface area (Å²) >= 11 is 0. The molecule has 3 heteroatoms. The van der Waals surface area contributed by atoms with Gasteiger partial charge in [0, 0.05) is 12.5 Å². The van der Waals surface area contributed by atoms with E-state index in [0.717, 1.165) is 0 Å². The molecule has 0 spiro atoms. The molecule has 64 valence electrons. The number of allylic oxidation sites excluding steroid dienone is 3. The monoisotopic (exact) mass is 166 g/mol. The summed E-state index contributed by atoms with van der Waals surface area (Å²) in [6.07, 6.45) is 5.62. The average molecular weight is 166 g/mol. The van der Waals surface area contributed by atoms with E-state index in [1.165, 1.54) is 13.0 Å². The maximum atomic E-state index is 11.0. The normalized spacial score (nSPS) is 18.8. The Labute approximate surface area is 70.7 Å². The molecule has 0 saturated heterocycles. The van der Waals surface area contributed by atoms with Gasteiger partial charge < -0.3 is 4.74 Å². The second-order valence-corrected chi connectivity index (χ2v) is 2.50. The van der Waals surface area contributed by atoms with Gasteiger partial charge in [-0.15, -0.1) is 0 Å². The third kappa shape index (κ3) is 2.34. The highest BCUT2D eigenvalue weighted by Gasteiger charge is 2.09. The van der Waals surface area contributed by atoms with Gasteiger partial charge in [0.2, 0.25) is 0 Å². The standard InChI is InChI=1S/C9H10O3/c1-7(10)12-6-5-8-3-2-4-9(8)11/h2,4-5H,3,6H2,1H3/b8-5-. The van der Waals surface area contributed by atoms with Gasteiger partial charge in [-0.2, -0.15) is 0 Å². The summed E-state index contributed by atoms with van der Waals surface area (Å²) in [5.74, 6) is -0.313. The molecule has 0 amide bonds. The Balaban J connectivity index is 2.38. The lowest BCUT2D eigenvalue weighted by Crippen LogP contribution is -2.00. The van der Waals surface area contributed by atoms with E-state index in [2.05, 4.69) is 4.74 Å². The van der Waals surface area contributed by atoms with Crippen LogP contribution in [0.5, 0.6) is 0 Å². The van der Waals surface area contributed by atoms with Crippen molar-refractivity contribution in [2.45, 2.75) is 13.3 Å². The molecule has 0 aromatic rings. The van der Waals surface area contributed by atoms with Crippen LogP contribution in [0.3, 0.4) is 0 Å². The van der Waals surface area contributed by atoms with Gasteiger partial charge in [-0.3, -0.25) is 9.59 Å². The Hall–Kier alpha value is -1.38. The lowest BCUT2D eigenvalue weighted by atomic mass is 10.2. The smallest absolute Gasteiger partial charge is 0.302 e. The van der Waals surface area contributed by atoms with Gasteiger partial charge in [0.05, 0.1) is 0 Å². The van der Waals surface area contributed by atoms with Crippen molar-refractivity contribution in [3.05, 3.63) is 23.8 Å². The van der Waals surface area contributed by atoms with Crippen LogP contribution in [0.4, 0.5) is 0 Å². The minimum Gasteiger partial charge on any atom is -0.462 e. The number of hydrogen-bond acceptors (Lipinski definition) is 3. The van der Waals surface area contributed by atoms with Gasteiger partial charge in [0.1, 0.15) is 6.61 Å². The molecule has 1 aliphatic carbocycles. The summed E-state index contributed by atoms with van der Waals surface area (Å²) in [5.41, 5.74) is 0.705. The number of ketones is 1.